The molecule has 30 heavy (non-hydrogen) atoms. The number of guanidine groups is 1. The quantitative estimate of drug-likeness (QED) is 0.284. The molecule has 7 nitrogen and oxygen atoms in total. The largest absolute Gasteiger partial charge is 0.493 e. The molecule has 2 aromatic carbocycles. The summed E-state index contributed by atoms with van der Waals surface area (Å²) in [7, 11) is 3.17. The van der Waals surface area contributed by atoms with Gasteiger partial charge in [0, 0.05) is 23.4 Å². The maximum atomic E-state index is 12.3. The Bertz CT molecular complexity index is 882. The lowest BCUT2D eigenvalue weighted by atomic mass is 10.1. The normalized spacial score (nSPS) is 14.0. The highest BCUT2D eigenvalue weighted by molar-refractivity contribution is 14.0. The summed E-state index contributed by atoms with van der Waals surface area (Å²) in [5.41, 5.74) is 8.52. The Hall–Kier alpha value is -2.49. The summed E-state index contributed by atoms with van der Waals surface area (Å²) in [5.74, 6) is 1.79. The van der Waals surface area contributed by atoms with E-state index in [1.165, 1.54) is 0 Å². The molecule has 1 fully saturated rings. The molecule has 0 heterocycles. The van der Waals surface area contributed by atoms with Crippen LogP contribution in [0.2, 0.25) is 0 Å². The monoisotopic (exact) mass is 524 g/mol. The van der Waals surface area contributed by atoms with E-state index >= 15 is 0 Å². The first kappa shape index (κ1) is 23.8. The smallest absolute Gasteiger partial charge is 0.227 e. The average molecular weight is 524 g/mol. The number of hydrogen-bond donors (Lipinski definition) is 3. The minimum atomic E-state index is 0. The van der Waals surface area contributed by atoms with Crippen molar-refractivity contribution in [2.75, 3.05) is 24.9 Å². The van der Waals surface area contributed by atoms with Gasteiger partial charge in [-0.25, -0.2) is 4.99 Å². The maximum Gasteiger partial charge on any atom is 0.227 e. The molecular weight excluding hydrogens is 495 g/mol. The third-order valence-electron chi connectivity index (χ3n) is 5.01. The second-order valence-electron chi connectivity index (χ2n) is 7.07. The first-order chi connectivity index (χ1) is 14.1. The molecule has 1 aliphatic carbocycles. The summed E-state index contributed by atoms with van der Waals surface area (Å²) in [5, 5.41) is 6.06. The van der Waals surface area contributed by atoms with Gasteiger partial charge < -0.3 is 25.8 Å². The Balaban J connectivity index is 0.00000320. The maximum absolute atomic E-state index is 12.3. The van der Waals surface area contributed by atoms with Crippen LogP contribution >= 0.6 is 24.0 Å². The van der Waals surface area contributed by atoms with E-state index in [9.17, 15) is 4.79 Å². The lowest BCUT2D eigenvalue weighted by Crippen LogP contribution is -2.22. The molecule has 0 atom stereocenters. The first-order valence-corrected chi connectivity index (χ1v) is 9.78. The molecule has 3 rings (SSSR count). The van der Waals surface area contributed by atoms with Gasteiger partial charge in [-0.2, -0.15) is 0 Å². The van der Waals surface area contributed by atoms with Gasteiger partial charge in [-0.05, 0) is 42.7 Å². The molecule has 0 bridgehead atoms. The molecule has 1 saturated carbocycles. The number of halogens is 1. The summed E-state index contributed by atoms with van der Waals surface area (Å²) < 4.78 is 10.5. The van der Waals surface area contributed by atoms with Crippen molar-refractivity contribution in [2.24, 2.45) is 16.6 Å². The highest BCUT2D eigenvalue weighted by Crippen LogP contribution is 2.29. The standard InChI is InChI=1S/C22H28N4O3.HI/c1-28-19-11-10-18(13-20(19)29-2)26-22(23)24-14-15-6-5-9-17(12-15)25-21(27)16-7-3-4-8-16;/h5-6,9-13,16H,3-4,7-8,14H2,1-2H3,(H,25,27)(H3,23,24,26);1H. The van der Waals surface area contributed by atoms with Crippen molar-refractivity contribution in [3.05, 3.63) is 48.0 Å². The SMILES string of the molecule is COc1ccc(NC(N)=NCc2cccc(NC(=O)C3CCCC3)c2)cc1OC.I. The van der Waals surface area contributed by atoms with Crippen molar-refractivity contribution >= 4 is 47.2 Å². The van der Waals surface area contributed by atoms with Crippen molar-refractivity contribution in [2.45, 2.75) is 32.2 Å². The molecule has 162 valence electrons. The minimum absolute atomic E-state index is 0. The van der Waals surface area contributed by atoms with E-state index in [1.54, 1.807) is 26.4 Å². The summed E-state index contributed by atoms with van der Waals surface area (Å²) in [6, 6.07) is 13.1. The molecule has 8 heteroatoms. The van der Waals surface area contributed by atoms with E-state index in [0.717, 1.165) is 42.6 Å². The molecule has 1 amide bonds. The zero-order valence-electron chi connectivity index (χ0n) is 17.3. The predicted octanol–water partition coefficient (Wildman–Crippen LogP) is 4.38. The van der Waals surface area contributed by atoms with Gasteiger partial charge in [0.2, 0.25) is 5.91 Å². The Kier molecular flexibility index (Phi) is 9.22. The molecule has 1 aliphatic rings. The first-order valence-electron chi connectivity index (χ1n) is 9.78. The number of nitrogens with one attached hydrogen (secondary N) is 2. The van der Waals surface area contributed by atoms with Gasteiger partial charge in [-0.3, -0.25) is 4.79 Å². The van der Waals surface area contributed by atoms with Crippen molar-refractivity contribution in [3.8, 4) is 11.5 Å². The highest BCUT2D eigenvalue weighted by Gasteiger charge is 2.22. The van der Waals surface area contributed by atoms with E-state index in [1.807, 2.05) is 30.3 Å². The van der Waals surface area contributed by atoms with Crippen LogP contribution in [0.3, 0.4) is 0 Å². The fraction of sp³-hybridized carbons (Fsp3) is 0.364. The summed E-state index contributed by atoms with van der Waals surface area (Å²) in [6.07, 6.45) is 4.24. The van der Waals surface area contributed by atoms with Crippen molar-refractivity contribution in [3.63, 3.8) is 0 Å². The zero-order valence-corrected chi connectivity index (χ0v) is 19.6. The van der Waals surface area contributed by atoms with Crippen LogP contribution in [0.5, 0.6) is 11.5 Å². The third kappa shape index (κ3) is 6.51. The number of carbonyl (C=O) groups excluding carboxylic acids is 1. The van der Waals surface area contributed by atoms with Crippen LogP contribution < -0.4 is 25.8 Å². The van der Waals surface area contributed by atoms with Crippen molar-refractivity contribution in [1.29, 1.82) is 0 Å². The van der Waals surface area contributed by atoms with Crippen LogP contribution in [-0.2, 0) is 11.3 Å². The van der Waals surface area contributed by atoms with Gasteiger partial charge in [-0.1, -0.05) is 25.0 Å². The molecule has 4 N–H and O–H groups in total. The summed E-state index contributed by atoms with van der Waals surface area (Å²) in [4.78, 5) is 16.7. The summed E-state index contributed by atoms with van der Waals surface area (Å²) in [6.45, 7) is 0.402. The summed E-state index contributed by atoms with van der Waals surface area (Å²) >= 11 is 0. The second-order valence-corrected chi connectivity index (χ2v) is 7.07. The number of carbonyl (C=O) groups is 1. The van der Waals surface area contributed by atoms with Gasteiger partial charge in [-0.15, -0.1) is 24.0 Å². The van der Waals surface area contributed by atoms with Crippen LogP contribution in [0.1, 0.15) is 31.2 Å². The van der Waals surface area contributed by atoms with Crippen molar-refractivity contribution in [1.82, 2.24) is 0 Å². The zero-order chi connectivity index (χ0) is 20.6. The number of hydrogen-bond acceptors (Lipinski definition) is 4. The van der Waals surface area contributed by atoms with Crippen LogP contribution in [0.4, 0.5) is 11.4 Å². The van der Waals surface area contributed by atoms with Gasteiger partial charge in [0.15, 0.2) is 17.5 Å². The molecule has 2 aromatic rings. The number of benzene rings is 2. The van der Waals surface area contributed by atoms with E-state index in [4.69, 9.17) is 15.2 Å². The van der Waals surface area contributed by atoms with E-state index in [2.05, 4.69) is 15.6 Å². The van der Waals surface area contributed by atoms with Gasteiger partial charge in [0.25, 0.3) is 0 Å². The molecule has 0 aliphatic heterocycles. The number of amides is 1. The average Bonchev–Trinajstić information content (AvgIpc) is 3.27. The molecule has 0 aromatic heterocycles. The highest BCUT2D eigenvalue weighted by atomic mass is 127. The van der Waals surface area contributed by atoms with Crippen LogP contribution in [0.15, 0.2) is 47.5 Å². The fourth-order valence-electron chi connectivity index (χ4n) is 3.46. The topological polar surface area (TPSA) is 98.0 Å². The third-order valence-corrected chi connectivity index (χ3v) is 5.01. The second kappa shape index (κ2) is 11.6. The van der Waals surface area contributed by atoms with Crippen LogP contribution in [0.25, 0.3) is 0 Å². The number of ether oxygens (including phenoxy) is 2. The number of nitrogens with two attached hydrogens (primary N) is 1. The van der Waals surface area contributed by atoms with Gasteiger partial charge in [0.1, 0.15) is 0 Å². The molecule has 0 unspecified atom stereocenters. The predicted molar refractivity (Wildman–Crippen MR) is 131 cm³/mol. The van der Waals surface area contributed by atoms with Crippen LogP contribution in [0, 0.1) is 5.92 Å². The van der Waals surface area contributed by atoms with E-state index in [-0.39, 0.29) is 41.8 Å². The number of rotatable bonds is 7. The Morgan fingerprint density at radius 3 is 2.43 bits per heavy atom. The lowest BCUT2D eigenvalue weighted by molar-refractivity contribution is -0.119. The van der Waals surface area contributed by atoms with Gasteiger partial charge >= 0.3 is 0 Å². The van der Waals surface area contributed by atoms with Crippen molar-refractivity contribution < 1.29 is 14.3 Å². The van der Waals surface area contributed by atoms with E-state index < -0.39 is 0 Å². The Labute approximate surface area is 194 Å². The number of aliphatic imine (C=N–C) groups is 1. The molecule has 0 spiro atoms. The minimum Gasteiger partial charge on any atom is -0.493 e. The van der Waals surface area contributed by atoms with Gasteiger partial charge in [0.05, 0.1) is 20.8 Å². The lowest BCUT2D eigenvalue weighted by Gasteiger charge is -2.12. The molecule has 0 saturated heterocycles. The van der Waals surface area contributed by atoms with E-state index in [0.29, 0.717) is 18.0 Å². The number of methoxy groups -OCH3 is 2. The Morgan fingerprint density at radius 2 is 1.73 bits per heavy atom. The number of nitrogens with zero attached hydrogens (tertiary/aromatic N) is 1. The molecular formula is C22H29IN4O3. The molecule has 0 radical (unpaired) electrons. The van der Waals surface area contributed by atoms with Crippen LogP contribution in [-0.4, -0.2) is 26.1 Å². The number of anilines is 2. The Morgan fingerprint density at radius 1 is 1.03 bits per heavy atom. The fourth-order valence-corrected chi connectivity index (χ4v) is 3.46.